The summed E-state index contributed by atoms with van der Waals surface area (Å²) in [6.07, 6.45) is 1.66. The van der Waals surface area contributed by atoms with E-state index in [1.54, 1.807) is 24.4 Å². The highest BCUT2D eigenvalue weighted by molar-refractivity contribution is 5.93. The zero-order valence-electron chi connectivity index (χ0n) is 13.8. The van der Waals surface area contributed by atoms with Crippen LogP contribution in [0.4, 0.5) is 0 Å². The van der Waals surface area contributed by atoms with Crippen LogP contribution in [0.3, 0.4) is 0 Å². The Bertz CT molecular complexity index is 1110. The second kappa shape index (κ2) is 6.67. The molecular weight excluding hydrogens is 332 g/mol. The summed E-state index contributed by atoms with van der Waals surface area (Å²) in [5, 5.41) is 13.9. The summed E-state index contributed by atoms with van der Waals surface area (Å²) in [7, 11) is 0. The molecule has 0 spiro atoms. The van der Waals surface area contributed by atoms with Gasteiger partial charge in [0, 0.05) is 18.3 Å². The number of hydrogen-bond donors (Lipinski definition) is 2. The zero-order valence-corrected chi connectivity index (χ0v) is 13.8. The van der Waals surface area contributed by atoms with Gasteiger partial charge in [0.1, 0.15) is 5.69 Å². The van der Waals surface area contributed by atoms with Crippen molar-refractivity contribution in [2.75, 3.05) is 6.54 Å². The Morgan fingerprint density at radius 2 is 1.92 bits per heavy atom. The first-order chi connectivity index (χ1) is 12.7. The molecule has 0 atom stereocenters. The van der Waals surface area contributed by atoms with Crippen molar-refractivity contribution in [2.45, 2.75) is 6.54 Å². The van der Waals surface area contributed by atoms with Gasteiger partial charge < -0.3 is 5.32 Å². The molecule has 0 aliphatic heterocycles. The number of benzene rings is 1. The Labute approximate surface area is 148 Å². The van der Waals surface area contributed by atoms with E-state index in [9.17, 15) is 9.59 Å². The average Bonchev–Trinajstić information content (AvgIpc) is 3.29. The minimum atomic E-state index is -0.281. The summed E-state index contributed by atoms with van der Waals surface area (Å²) < 4.78 is 2.79. The molecule has 3 aromatic heterocycles. The van der Waals surface area contributed by atoms with Crippen LogP contribution < -0.4 is 11.0 Å². The summed E-state index contributed by atoms with van der Waals surface area (Å²) in [5.41, 5.74) is 2.34. The van der Waals surface area contributed by atoms with Gasteiger partial charge in [-0.3, -0.25) is 14.3 Å². The fourth-order valence-electron chi connectivity index (χ4n) is 2.68. The van der Waals surface area contributed by atoms with Gasteiger partial charge in [0.2, 0.25) is 0 Å². The number of amides is 1. The molecule has 1 aromatic carbocycles. The van der Waals surface area contributed by atoms with Gasteiger partial charge >= 0.3 is 5.69 Å². The second-order valence-corrected chi connectivity index (χ2v) is 5.72. The number of aromatic amines is 1. The van der Waals surface area contributed by atoms with Gasteiger partial charge in [-0.15, -0.1) is 5.10 Å². The van der Waals surface area contributed by atoms with E-state index in [0.29, 0.717) is 17.0 Å². The minimum absolute atomic E-state index is 0.234. The number of carbonyl (C=O) groups is 1. The number of carbonyl (C=O) groups excluding carboxylic acids is 1. The Hall–Kier alpha value is -3.68. The van der Waals surface area contributed by atoms with Crippen molar-refractivity contribution in [1.29, 1.82) is 0 Å². The molecule has 8 heteroatoms. The molecule has 130 valence electrons. The van der Waals surface area contributed by atoms with Crippen molar-refractivity contribution in [3.05, 3.63) is 77.0 Å². The van der Waals surface area contributed by atoms with E-state index in [-0.39, 0.29) is 24.7 Å². The molecule has 0 aliphatic carbocycles. The number of aromatic nitrogens is 5. The van der Waals surface area contributed by atoms with Crippen LogP contribution in [-0.2, 0) is 6.54 Å². The largest absolute Gasteiger partial charge is 0.350 e. The molecule has 0 fully saturated rings. The smallest absolute Gasteiger partial charge is 0.349 e. The molecule has 0 saturated heterocycles. The molecule has 1 amide bonds. The van der Waals surface area contributed by atoms with E-state index in [1.165, 1.54) is 9.08 Å². The quantitative estimate of drug-likeness (QED) is 0.568. The van der Waals surface area contributed by atoms with Crippen molar-refractivity contribution < 1.29 is 4.79 Å². The summed E-state index contributed by atoms with van der Waals surface area (Å²) in [6.45, 7) is 0.564. The van der Waals surface area contributed by atoms with Gasteiger partial charge in [-0.1, -0.05) is 36.4 Å². The molecule has 0 unspecified atom stereocenters. The molecule has 2 N–H and O–H groups in total. The normalized spacial score (nSPS) is 10.9. The fraction of sp³-hybridized carbons (Fsp3) is 0.111. The lowest BCUT2D eigenvalue weighted by Gasteiger charge is -2.02. The first-order valence-electron chi connectivity index (χ1n) is 8.15. The molecule has 0 saturated carbocycles. The van der Waals surface area contributed by atoms with Crippen LogP contribution in [0.25, 0.3) is 16.9 Å². The van der Waals surface area contributed by atoms with Gasteiger partial charge in [-0.25, -0.2) is 9.48 Å². The third kappa shape index (κ3) is 3.00. The van der Waals surface area contributed by atoms with Crippen LogP contribution in [0.5, 0.6) is 0 Å². The summed E-state index contributed by atoms with van der Waals surface area (Å²) in [4.78, 5) is 24.4. The van der Waals surface area contributed by atoms with E-state index in [2.05, 4.69) is 20.6 Å². The van der Waals surface area contributed by atoms with Gasteiger partial charge in [-0.2, -0.15) is 5.10 Å². The molecule has 4 rings (SSSR count). The van der Waals surface area contributed by atoms with Gasteiger partial charge in [0.05, 0.1) is 12.2 Å². The van der Waals surface area contributed by atoms with Crippen LogP contribution in [-0.4, -0.2) is 36.8 Å². The Morgan fingerprint density at radius 1 is 1.12 bits per heavy atom. The van der Waals surface area contributed by atoms with E-state index in [1.807, 2.05) is 36.4 Å². The zero-order chi connectivity index (χ0) is 17.9. The van der Waals surface area contributed by atoms with E-state index in [4.69, 9.17) is 0 Å². The lowest BCUT2D eigenvalue weighted by molar-refractivity contribution is 0.0947. The predicted molar refractivity (Wildman–Crippen MR) is 95.8 cm³/mol. The maximum absolute atomic E-state index is 12.2. The number of nitrogens with zero attached hydrogens (tertiary/aromatic N) is 4. The van der Waals surface area contributed by atoms with Gasteiger partial charge in [-0.05, 0) is 18.2 Å². The van der Waals surface area contributed by atoms with Crippen molar-refractivity contribution >= 4 is 11.6 Å². The average molecular weight is 348 g/mol. The molecule has 3 heterocycles. The van der Waals surface area contributed by atoms with Crippen LogP contribution in [0, 0.1) is 0 Å². The van der Waals surface area contributed by atoms with Crippen molar-refractivity contribution in [3.8, 4) is 11.3 Å². The van der Waals surface area contributed by atoms with Crippen molar-refractivity contribution in [1.82, 2.24) is 29.7 Å². The number of nitrogens with one attached hydrogen (secondary N) is 2. The molecule has 4 aromatic rings. The highest BCUT2D eigenvalue weighted by atomic mass is 16.2. The number of fused-ring (bicyclic) bond motifs is 1. The number of hydrogen-bond acceptors (Lipinski definition) is 4. The SMILES string of the molecule is O=C(NCCn1nc2ccccn2c1=O)c1cc(-c2ccccc2)n[nH]1. The highest BCUT2D eigenvalue weighted by Gasteiger charge is 2.11. The van der Waals surface area contributed by atoms with Gasteiger partial charge in [0.25, 0.3) is 5.91 Å². The summed E-state index contributed by atoms with van der Waals surface area (Å²) >= 11 is 0. The van der Waals surface area contributed by atoms with E-state index >= 15 is 0 Å². The molecular formula is C18H16N6O2. The third-order valence-electron chi connectivity index (χ3n) is 3.99. The standard InChI is InChI=1S/C18H16N6O2/c25-17(15-12-14(20-21-15)13-6-2-1-3-7-13)19-9-11-24-18(26)23-10-5-4-8-16(23)22-24/h1-8,10,12H,9,11H2,(H,19,25)(H,20,21). The number of pyridine rings is 1. The highest BCUT2D eigenvalue weighted by Crippen LogP contribution is 2.16. The Balaban J connectivity index is 1.40. The maximum atomic E-state index is 12.2. The topological polar surface area (TPSA) is 97.1 Å². The molecule has 8 nitrogen and oxygen atoms in total. The first kappa shape index (κ1) is 15.8. The molecule has 0 aliphatic rings. The lowest BCUT2D eigenvalue weighted by atomic mass is 10.1. The van der Waals surface area contributed by atoms with Crippen LogP contribution >= 0.6 is 0 Å². The molecule has 0 radical (unpaired) electrons. The number of rotatable bonds is 5. The summed E-state index contributed by atoms with van der Waals surface area (Å²) in [6, 6.07) is 16.6. The second-order valence-electron chi connectivity index (χ2n) is 5.72. The van der Waals surface area contributed by atoms with Crippen LogP contribution in [0.15, 0.2) is 65.6 Å². The maximum Gasteiger partial charge on any atom is 0.350 e. The number of H-pyrrole nitrogens is 1. The molecule has 0 bridgehead atoms. The van der Waals surface area contributed by atoms with Crippen LogP contribution in [0.2, 0.25) is 0 Å². The predicted octanol–water partition coefficient (Wildman–Crippen LogP) is 1.32. The third-order valence-corrected chi connectivity index (χ3v) is 3.99. The first-order valence-corrected chi connectivity index (χ1v) is 8.15. The van der Waals surface area contributed by atoms with Crippen molar-refractivity contribution in [2.24, 2.45) is 0 Å². The van der Waals surface area contributed by atoms with Gasteiger partial charge in [0.15, 0.2) is 5.65 Å². The summed E-state index contributed by atoms with van der Waals surface area (Å²) in [5.74, 6) is -0.281. The fourth-order valence-corrected chi connectivity index (χ4v) is 2.68. The van der Waals surface area contributed by atoms with Crippen molar-refractivity contribution in [3.63, 3.8) is 0 Å². The Morgan fingerprint density at radius 3 is 2.73 bits per heavy atom. The molecule has 26 heavy (non-hydrogen) atoms. The van der Waals surface area contributed by atoms with E-state index < -0.39 is 0 Å². The van der Waals surface area contributed by atoms with E-state index in [0.717, 1.165) is 5.56 Å². The monoisotopic (exact) mass is 348 g/mol. The lowest BCUT2D eigenvalue weighted by Crippen LogP contribution is -2.31. The minimum Gasteiger partial charge on any atom is -0.349 e. The Kier molecular flexibility index (Phi) is 4.06. The van der Waals surface area contributed by atoms with Crippen LogP contribution in [0.1, 0.15) is 10.5 Å².